The molecule has 0 saturated carbocycles. The Labute approximate surface area is 142 Å². The molecule has 0 unspecified atom stereocenters. The van der Waals surface area contributed by atoms with E-state index in [1.165, 1.54) is 0 Å². The number of rotatable bonds is 4. The van der Waals surface area contributed by atoms with Gasteiger partial charge in [0.15, 0.2) is 9.84 Å². The number of carbonyl (C=O) groups excluding carboxylic acids is 1. The van der Waals surface area contributed by atoms with Gasteiger partial charge in [0.2, 0.25) is 5.91 Å². The summed E-state index contributed by atoms with van der Waals surface area (Å²) >= 11 is 0. The fraction of sp³-hybridized carbons (Fsp3) is 0.316. The van der Waals surface area contributed by atoms with Crippen molar-refractivity contribution in [2.75, 3.05) is 5.75 Å². The molecular formula is C19H21NO3S. The first-order chi connectivity index (χ1) is 11.4. The van der Waals surface area contributed by atoms with Crippen molar-refractivity contribution in [1.29, 1.82) is 0 Å². The Kier molecular flexibility index (Phi) is 4.71. The number of fused-ring (bicyclic) bond motifs is 1. The van der Waals surface area contributed by atoms with Crippen LogP contribution < -0.4 is 5.32 Å². The predicted molar refractivity (Wildman–Crippen MR) is 93.5 cm³/mol. The van der Waals surface area contributed by atoms with Gasteiger partial charge in [-0.3, -0.25) is 4.79 Å². The van der Waals surface area contributed by atoms with Gasteiger partial charge in [-0.15, -0.1) is 0 Å². The van der Waals surface area contributed by atoms with Gasteiger partial charge in [0.1, 0.15) is 0 Å². The van der Waals surface area contributed by atoms with Gasteiger partial charge in [-0.05, 0) is 42.5 Å². The molecule has 0 atom stereocenters. The van der Waals surface area contributed by atoms with Gasteiger partial charge in [-0.1, -0.05) is 42.0 Å². The third-order valence-electron chi connectivity index (χ3n) is 4.26. The van der Waals surface area contributed by atoms with E-state index in [1.807, 2.05) is 37.3 Å². The molecular weight excluding hydrogens is 322 g/mol. The van der Waals surface area contributed by atoms with E-state index >= 15 is 0 Å². The highest BCUT2D eigenvalue weighted by molar-refractivity contribution is 7.91. The van der Waals surface area contributed by atoms with Crippen LogP contribution in [0.25, 0.3) is 0 Å². The fourth-order valence-corrected chi connectivity index (χ4v) is 4.65. The molecule has 3 rings (SSSR count). The Bertz CT molecular complexity index is 872. The zero-order valence-corrected chi connectivity index (χ0v) is 14.5. The lowest BCUT2D eigenvalue weighted by Gasteiger charge is -2.17. The van der Waals surface area contributed by atoms with E-state index in [0.29, 0.717) is 24.3 Å². The summed E-state index contributed by atoms with van der Waals surface area (Å²) in [5.41, 5.74) is 3.93. The predicted octanol–water partition coefficient (Wildman–Crippen LogP) is 2.57. The number of hydrogen-bond acceptors (Lipinski definition) is 3. The molecule has 0 spiro atoms. The molecule has 2 aromatic rings. The molecule has 0 fully saturated rings. The average molecular weight is 343 g/mol. The molecule has 0 radical (unpaired) electrons. The van der Waals surface area contributed by atoms with Crippen LogP contribution in [0.1, 0.15) is 28.7 Å². The second kappa shape index (κ2) is 6.77. The fourth-order valence-electron chi connectivity index (χ4n) is 3.07. The van der Waals surface area contributed by atoms with Crippen LogP contribution in [0, 0.1) is 6.92 Å². The lowest BCUT2D eigenvalue weighted by atomic mass is 10.1. The first-order valence-corrected chi connectivity index (χ1v) is 9.76. The minimum absolute atomic E-state index is 0.0362. The van der Waals surface area contributed by atoms with Gasteiger partial charge >= 0.3 is 0 Å². The number of benzene rings is 2. The van der Waals surface area contributed by atoms with Gasteiger partial charge in [0, 0.05) is 6.54 Å². The van der Waals surface area contributed by atoms with Crippen LogP contribution in [0.5, 0.6) is 0 Å². The maximum Gasteiger partial charge on any atom is 0.224 e. The normalized spacial score (nSPS) is 15.5. The molecule has 5 heteroatoms. The second-order valence-corrected chi connectivity index (χ2v) is 8.38. The summed E-state index contributed by atoms with van der Waals surface area (Å²) in [7, 11) is -3.12. The number of sulfone groups is 1. The molecule has 0 aromatic heterocycles. The van der Waals surface area contributed by atoms with Crippen LogP contribution in [-0.4, -0.2) is 20.1 Å². The summed E-state index contributed by atoms with van der Waals surface area (Å²) in [5, 5.41) is 2.91. The molecule has 0 bridgehead atoms. The number of nitrogens with one attached hydrogen (secondary N) is 1. The van der Waals surface area contributed by atoms with Crippen molar-refractivity contribution in [2.45, 2.75) is 37.6 Å². The van der Waals surface area contributed by atoms with E-state index in [0.717, 1.165) is 28.7 Å². The Balaban J connectivity index is 1.64. The minimum Gasteiger partial charge on any atom is -0.352 e. The Morgan fingerprint density at radius 3 is 2.75 bits per heavy atom. The lowest BCUT2D eigenvalue weighted by Crippen LogP contribution is -2.25. The van der Waals surface area contributed by atoms with E-state index in [1.54, 1.807) is 12.1 Å². The van der Waals surface area contributed by atoms with Gasteiger partial charge < -0.3 is 5.32 Å². The van der Waals surface area contributed by atoms with Crippen LogP contribution in [0.2, 0.25) is 0 Å². The van der Waals surface area contributed by atoms with Crippen molar-refractivity contribution < 1.29 is 13.2 Å². The Morgan fingerprint density at radius 2 is 1.96 bits per heavy atom. The van der Waals surface area contributed by atoms with E-state index in [-0.39, 0.29) is 11.7 Å². The summed E-state index contributed by atoms with van der Waals surface area (Å²) in [6.45, 7) is 2.42. The standard InChI is InChI=1S/C19H21NO3S/c1-14-4-2-5-15(10-14)12-19(21)20-13-16-7-8-18-17(11-16)6-3-9-24(18,22)23/h2,4-5,7-8,10-11H,3,6,9,12-13H2,1H3,(H,20,21). The first kappa shape index (κ1) is 16.7. The summed E-state index contributed by atoms with van der Waals surface area (Å²) in [5.74, 6) is 0.193. The maximum absolute atomic E-state index is 12.1. The maximum atomic E-state index is 12.1. The summed E-state index contributed by atoms with van der Waals surface area (Å²) in [4.78, 5) is 12.5. The molecule has 1 aliphatic rings. The number of amides is 1. The van der Waals surface area contributed by atoms with Crippen LogP contribution in [0.15, 0.2) is 47.4 Å². The summed E-state index contributed by atoms with van der Waals surface area (Å²) in [6, 6.07) is 13.3. The van der Waals surface area contributed by atoms with Crippen LogP contribution in [0.3, 0.4) is 0 Å². The highest BCUT2D eigenvalue weighted by Gasteiger charge is 2.23. The lowest BCUT2D eigenvalue weighted by molar-refractivity contribution is -0.120. The van der Waals surface area contributed by atoms with Crippen LogP contribution in [0.4, 0.5) is 0 Å². The van der Waals surface area contributed by atoms with Crippen molar-refractivity contribution in [3.8, 4) is 0 Å². The molecule has 0 aliphatic carbocycles. The zero-order valence-electron chi connectivity index (χ0n) is 13.7. The van der Waals surface area contributed by atoms with Crippen molar-refractivity contribution in [3.05, 3.63) is 64.7 Å². The first-order valence-electron chi connectivity index (χ1n) is 8.11. The third-order valence-corrected chi connectivity index (χ3v) is 6.15. The minimum atomic E-state index is -3.12. The summed E-state index contributed by atoms with van der Waals surface area (Å²) < 4.78 is 24.0. The molecule has 1 heterocycles. The summed E-state index contributed by atoms with van der Waals surface area (Å²) in [6.07, 6.45) is 1.79. The molecule has 1 aliphatic heterocycles. The smallest absolute Gasteiger partial charge is 0.224 e. The Morgan fingerprint density at radius 1 is 1.12 bits per heavy atom. The van der Waals surface area contributed by atoms with Gasteiger partial charge in [-0.2, -0.15) is 0 Å². The SMILES string of the molecule is Cc1cccc(CC(=O)NCc2ccc3c(c2)CCCS3(=O)=O)c1. The second-order valence-electron chi connectivity index (χ2n) is 6.31. The third kappa shape index (κ3) is 3.85. The van der Waals surface area contributed by atoms with E-state index in [4.69, 9.17) is 0 Å². The molecule has 126 valence electrons. The van der Waals surface area contributed by atoms with Gasteiger partial charge in [0.25, 0.3) is 0 Å². The molecule has 4 nitrogen and oxygen atoms in total. The van der Waals surface area contributed by atoms with Gasteiger partial charge in [-0.25, -0.2) is 8.42 Å². The average Bonchev–Trinajstić information content (AvgIpc) is 2.52. The molecule has 0 saturated heterocycles. The van der Waals surface area contributed by atoms with Crippen molar-refractivity contribution >= 4 is 15.7 Å². The van der Waals surface area contributed by atoms with Crippen LogP contribution in [-0.2, 0) is 34.0 Å². The number of carbonyl (C=O) groups is 1. The highest BCUT2D eigenvalue weighted by Crippen LogP contribution is 2.25. The zero-order chi connectivity index (χ0) is 17.2. The van der Waals surface area contributed by atoms with Crippen LogP contribution >= 0.6 is 0 Å². The van der Waals surface area contributed by atoms with Crippen molar-refractivity contribution in [2.24, 2.45) is 0 Å². The topological polar surface area (TPSA) is 63.2 Å². The van der Waals surface area contributed by atoms with E-state index < -0.39 is 9.84 Å². The monoisotopic (exact) mass is 343 g/mol. The highest BCUT2D eigenvalue weighted by atomic mass is 32.2. The molecule has 2 aromatic carbocycles. The largest absolute Gasteiger partial charge is 0.352 e. The van der Waals surface area contributed by atoms with Crippen molar-refractivity contribution in [3.63, 3.8) is 0 Å². The molecule has 24 heavy (non-hydrogen) atoms. The van der Waals surface area contributed by atoms with E-state index in [2.05, 4.69) is 5.32 Å². The quantitative estimate of drug-likeness (QED) is 0.928. The molecule has 1 N–H and O–H groups in total. The molecule has 1 amide bonds. The van der Waals surface area contributed by atoms with Crippen molar-refractivity contribution in [1.82, 2.24) is 5.32 Å². The number of hydrogen-bond donors (Lipinski definition) is 1. The number of aryl methyl sites for hydroxylation is 2. The van der Waals surface area contributed by atoms with Gasteiger partial charge in [0.05, 0.1) is 17.1 Å². The van der Waals surface area contributed by atoms with E-state index in [9.17, 15) is 13.2 Å². The Hall–Kier alpha value is -2.14.